The molecule has 0 heterocycles. The quantitative estimate of drug-likeness (QED) is 0.519. The van der Waals surface area contributed by atoms with Crippen LogP contribution in [0.15, 0.2) is 0 Å². The Morgan fingerprint density at radius 3 is 2.28 bits per heavy atom. The third kappa shape index (κ3) is 9.90. The van der Waals surface area contributed by atoms with E-state index >= 15 is 0 Å². The third-order valence-electron chi connectivity index (χ3n) is 3.74. The summed E-state index contributed by atoms with van der Waals surface area (Å²) in [5.74, 6) is 0. The molecule has 0 aliphatic carbocycles. The van der Waals surface area contributed by atoms with Gasteiger partial charge in [0.1, 0.15) is 0 Å². The fourth-order valence-corrected chi connectivity index (χ4v) is 2.14. The highest BCUT2D eigenvalue weighted by molar-refractivity contribution is 4.74. The average Bonchev–Trinajstić information content (AvgIpc) is 2.37. The predicted octanol–water partition coefficient (Wildman–Crippen LogP) is 4.53. The number of nitrogens with one attached hydrogen (secondary N) is 1. The Bertz CT molecular complexity index is 180. The minimum Gasteiger partial charge on any atom is -0.379 e. The maximum Gasteiger partial charge on any atom is 0.0623 e. The molecule has 1 unspecified atom stereocenters. The van der Waals surface area contributed by atoms with E-state index in [4.69, 9.17) is 4.74 Å². The first kappa shape index (κ1) is 17.9. The zero-order valence-corrected chi connectivity index (χ0v) is 13.3. The Morgan fingerprint density at radius 1 is 1.00 bits per heavy atom. The van der Waals surface area contributed by atoms with Crippen molar-refractivity contribution < 1.29 is 4.74 Å². The second kappa shape index (κ2) is 10.8. The maximum absolute atomic E-state index is 5.51. The molecule has 2 heteroatoms. The van der Waals surface area contributed by atoms with E-state index in [2.05, 4.69) is 33.0 Å². The van der Waals surface area contributed by atoms with Crippen LogP contribution in [-0.2, 0) is 4.74 Å². The van der Waals surface area contributed by atoms with Crippen LogP contribution in [0.1, 0.15) is 79.1 Å². The number of methoxy groups -OCH3 is 1. The lowest BCUT2D eigenvalue weighted by molar-refractivity contribution is 0.0115. The Hall–Kier alpha value is -0.0800. The number of hydrogen-bond acceptors (Lipinski definition) is 2. The van der Waals surface area contributed by atoms with Crippen molar-refractivity contribution in [2.45, 2.75) is 90.7 Å². The molecule has 0 aromatic carbocycles. The Labute approximate surface area is 115 Å². The zero-order chi connectivity index (χ0) is 13.9. The molecule has 0 saturated heterocycles. The van der Waals surface area contributed by atoms with Crippen molar-refractivity contribution in [3.8, 4) is 0 Å². The lowest BCUT2D eigenvalue weighted by atomic mass is 9.95. The van der Waals surface area contributed by atoms with Crippen molar-refractivity contribution in [2.75, 3.05) is 13.7 Å². The van der Waals surface area contributed by atoms with Crippen LogP contribution in [-0.4, -0.2) is 25.3 Å². The summed E-state index contributed by atoms with van der Waals surface area (Å²) in [5.41, 5.74) is 0.0234. The van der Waals surface area contributed by atoms with Gasteiger partial charge in [-0.05, 0) is 46.1 Å². The Morgan fingerprint density at radius 2 is 1.72 bits per heavy atom. The van der Waals surface area contributed by atoms with E-state index in [0.29, 0.717) is 6.04 Å². The van der Waals surface area contributed by atoms with Gasteiger partial charge in [0, 0.05) is 13.2 Å². The molecule has 0 aromatic rings. The van der Waals surface area contributed by atoms with Crippen molar-refractivity contribution in [2.24, 2.45) is 0 Å². The van der Waals surface area contributed by atoms with Gasteiger partial charge in [-0.15, -0.1) is 0 Å². The van der Waals surface area contributed by atoms with Crippen molar-refractivity contribution in [1.29, 1.82) is 0 Å². The fraction of sp³-hybridized carbons (Fsp3) is 1.00. The summed E-state index contributed by atoms with van der Waals surface area (Å²) in [6, 6.07) is 0.677. The summed E-state index contributed by atoms with van der Waals surface area (Å²) in [6.45, 7) is 10.0. The normalized spacial score (nSPS) is 13.8. The van der Waals surface area contributed by atoms with Crippen LogP contribution in [0.2, 0.25) is 0 Å². The summed E-state index contributed by atoms with van der Waals surface area (Å²) < 4.78 is 5.51. The van der Waals surface area contributed by atoms with Gasteiger partial charge in [-0.2, -0.15) is 0 Å². The van der Waals surface area contributed by atoms with E-state index in [1.807, 2.05) is 7.11 Å². The van der Waals surface area contributed by atoms with E-state index in [1.165, 1.54) is 44.9 Å². The van der Waals surface area contributed by atoms with Crippen molar-refractivity contribution in [3.05, 3.63) is 0 Å². The van der Waals surface area contributed by atoms with E-state index in [9.17, 15) is 0 Å². The minimum atomic E-state index is 0.0234. The van der Waals surface area contributed by atoms with Gasteiger partial charge in [-0.25, -0.2) is 0 Å². The van der Waals surface area contributed by atoms with Crippen molar-refractivity contribution in [3.63, 3.8) is 0 Å². The van der Waals surface area contributed by atoms with Gasteiger partial charge < -0.3 is 10.1 Å². The molecule has 0 aromatic heterocycles. The molecule has 0 aliphatic heterocycles. The Balaban J connectivity index is 3.90. The van der Waals surface area contributed by atoms with Gasteiger partial charge in [-0.1, -0.05) is 39.5 Å². The van der Waals surface area contributed by atoms with Crippen LogP contribution in [0, 0.1) is 0 Å². The van der Waals surface area contributed by atoms with Crippen LogP contribution in [0.3, 0.4) is 0 Å². The van der Waals surface area contributed by atoms with E-state index < -0.39 is 0 Å². The van der Waals surface area contributed by atoms with E-state index in [1.54, 1.807) is 0 Å². The smallest absolute Gasteiger partial charge is 0.0623 e. The second-order valence-corrected chi connectivity index (χ2v) is 6.00. The molecule has 1 N–H and O–H groups in total. The summed E-state index contributed by atoms with van der Waals surface area (Å²) in [4.78, 5) is 0. The molecule has 0 saturated carbocycles. The molecule has 0 amide bonds. The number of hydrogen-bond donors (Lipinski definition) is 1. The van der Waals surface area contributed by atoms with Gasteiger partial charge in [-0.3, -0.25) is 0 Å². The molecular weight excluding hydrogens is 222 g/mol. The van der Waals surface area contributed by atoms with E-state index in [-0.39, 0.29) is 5.60 Å². The molecular formula is C16H35NO. The predicted molar refractivity (Wildman–Crippen MR) is 81.2 cm³/mol. The van der Waals surface area contributed by atoms with Crippen LogP contribution < -0.4 is 5.32 Å². The van der Waals surface area contributed by atoms with E-state index in [0.717, 1.165) is 13.0 Å². The van der Waals surface area contributed by atoms with Crippen LogP contribution in [0.4, 0.5) is 0 Å². The highest BCUT2D eigenvalue weighted by Gasteiger charge is 2.18. The van der Waals surface area contributed by atoms with Crippen LogP contribution in [0.5, 0.6) is 0 Å². The molecule has 1 atom stereocenters. The second-order valence-electron chi connectivity index (χ2n) is 6.00. The Kier molecular flexibility index (Phi) is 10.8. The summed E-state index contributed by atoms with van der Waals surface area (Å²) in [7, 11) is 1.82. The van der Waals surface area contributed by atoms with Gasteiger partial charge in [0.25, 0.3) is 0 Å². The molecule has 0 fully saturated rings. The van der Waals surface area contributed by atoms with Gasteiger partial charge >= 0.3 is 0 Å². The third-order valence-corrected chi connectivity index (χ3v) is 3.74. The topological polar surface area (TPSA) is 21.3 Å². The minimum absolute atomic E-state index is 0.0234. The molecule has 0 spiro atoms. The van der Waals surface area contributed by atoms with Gasteiger partial charge in [0.15, 0.2) is 0 Å². The maximum atomic E-state index is 5.51. The summed E-state index contributed by atoms with van der Waals surface area (Å²) >= 11 is 0. The first-order chi connectivity index (χ1) is 8.55. The summed E-state index contributed by atoms with van der Waals surface area (Å²) in [5, 5.41) is 3.69. The van der Waals surface area contributed by atoms with Gasteiger partial charge in [0.2, 0.25) is 0 Å². The highest BCUT2D eigenvalue weighted by Crippen LogP contribution is 2.19. The van der Waals surface area contributed by atoms with Crippen LogP contribution in [0.25, 0.3) is 0 Å². The van der Waals surface area contributed by atoms with Gasteiger partial charge in [0.05, 0.1) is 5.60 Å². The molecule has 0 rings (SSSR count). The molecule has 110 valence electrons. The standard InChI is InChI=1S/C16H35NO/c1-6-8-9-10-11-15(17-14-7-2)12-13-16(3,4)18-5/h15,17H,6-14H2,1-5H3. The molecule has 2 nitrogen and oxygen atoms in total. The number of ether oxygens (including phenoxy) is 1. The largest absolute Gasteiger partial charge is 0.379 e. The summed E-state index contributed by atoms with van der Waals surface area (Å²) in [6.07, 6.45) is 10.4. The zero-order valence-electron chi connectivity index (χ0n) is 13.3. The molecule has 0 radical (unpaired) electrons. The van der Waals surface area contributed by atoms with Crippen LogP contribution >= 0.6 is 0 Å². The monoisotopic (exact) mass is 257 g/mol. The molecule has 18 heavy (non-hydrogen) atoms. The number of unbranched alkanes of at least 4 members (excludes halogenated alkanes) is 3. The first-order valence-electron chi connectivity index (χ1n) is 7.84. The lowest BCUT2D eigenvalue weighted by Crippen LogP contribution is -2.33. The molecule has 0 bridgehead atoms. The first-order valence-corrected chi connectivity index (χ1v) is 7.84. The SMILES string of the molecule is CCCCCCC(CCC(C)(C)OC)NCCC. The van der Waals surface area contributed by atoms with Crippen molar-refractivity contribution >= 4 is 0 Å². The number of rotatable bonds is 12. The molecule has 0 aliphatic rings. The fourth-order valence-electron chi connectivity index (χ4n) is 2.14. The van der Waals surface area contributed by atoms with Crippen molar-refractivity contribution in [1.82, 2.24) is 5.32 Å². The average molecular weight is 257 g/mol. The lowest BCUT2D eigenvalue weighted by Gasteiger charge is -2.26. The highest BCUT2D eigenvalue weighted by atomic mass is 16.5.